The number of esters is 2. The summed E-state index contributed by atoms with van der Waals surface area (Å²) in [5, 5.41) is 3.29. The van der Waals surface area contributed by atoms with Gasteiger partial charge in [-0.3, -0.25) is 4.79 Å². The third-order valence-corrected chi connectivity index (χ3v) is 8.25. The van der Waals surface area contributed by atoms with Crippen molar-refractivity contribution in [3.63, 3.8) is 0 Å². The van der Waals surface area contributed by atoms with E-state index in [9.17, 15) is 14.4 Å². The summed E-state index contributed by atoms with van der Waals surface area (Å²) in [5.74, 6) is -0.178. The van der Waals surface area contributed by atoms with Crippen LogP contribution in [0.3, 0.4) is 0 Å². The van der Waals surface area contributed by atoms with Crippen LogP contribution in [0.25, 0.3) is 22.4 Å². The number of aromatic amines is 1. The van der Waals surface area contributed by atoms with Crippen molar-refractivity contribution < 1.29 is 28.6 Å². The number of rotatable bonds is 8. The van der Waals surface area contributed by atoms with Crippen LogP contribution in [0.1, 0.15) is 63.8 Å². The lowest BCUT2D eigenvalue weighted by Crippen LogP contribution is -2.32. The van der Waals surface area contributed by atoms with Gasteiger partial charge >= 0.3 is 11.9 Å². The maximum atomic E-state index is 13.2. The summed E-state index contributed by atoms with van der Waals surface area (Å²) in [4.78, 5) is 47.8. The molecule has 208 valence electrons. The van der Waals surface area contributed by atoms with Gasteiger partial charge in [0.25, 0.3) is 5.91 Å². The summed E-state index contributed by atoms with van der Waals surface area (Å²) in [6.07, 6.45) is 4.00. The van der Waals surface area contributed by atoms with E-state index in [1.165, 1.54) is 18.4 Å². The van der Waals surface area contributed by atoms with Crippen molar-refractivity contribution >= 4 is 45.2 Å². The number of benzene rings is 2. The van der Waals surface area contributed by atoms with Gasteiger partial charge in [0.05, 0.1) is 36.4 Å². The SMILES string of the molecule is CCC(OC(=O)c1ccc2nc(-c3ccc(OC)cc3)[nH]c2c1)C(=O)Nc1sc2c(c1C(=O)OC)CCCCC2. The lowest BCUT2D eigenvalue weighted by molar-refractivity contribution is -0.124. The highest BCUT2D eigenvalue weighted by Gasteiger charge is 2.29. The van der Waals surface area contributed by atoms with Crippen molar-refractivity contribution in [1.82, 2.24) is 9.97 Å². The molecule has 2 aromatic carbocycles. The van der Waals surface area contributed by atoms with E-state index < -0.39 is 23.9 Å². The molecule has 0 spiro atoms. The number of hydrogen-bond donors (Lipinski definition) is 2. The second-order valence-corrected chi connectivity index (χ2v) is 10.7. The second-order valence-electron chi connectivity index (χ2n) is 9.60. The molecule has 1 unspecified atom stereocenters. The van der Waals surface area contributed by atoms with Crippen LogP contribution < -0.4 is 10.1 Å². The Hall–Kier alpha value is -4.18. The van der Waals surface area contributed by atoms with Crippen molar-refractivity contribution in [3.8, 4) is 17.1 Å². The van der Waals surface area contributed by atoms with E-state index in [-0.39, 0.29) is 6.42 Å². The molecule has 40 heavy (non-hydrogen) atoms. The van der Waals surface area contributed by atoms with Crippen LogP contribution in [0.2, 0.25) is 0 Å². The predicted molar refractivity (Wildman–Crippen MR) is 153 cm³/mol. The average Bonchev–Trinajstić information content (AvgIpc) is 3.48. The highest BCUT2D eigenvalue weighted by molar-refractivity contribution is 7.17. The first-order chi connectivity index (χ1) is 19.4. The Labute approximate surface area is 235 Å². The number of aromatic nitrogens is 2. The number of methoxy groups -OCH3 is 2. The zero-order valence-electron chi connectivity index (χ0n) is 22.7. The summed E-state index contributed by atoms with van der Waals surface area (Å²) in [6.45, 7) is 1.77. The molecule has 2 N–H and O–H groups in total. The molecule has 4 aromatic rings. The minimum Gasteiger partial charge on any atom is -0.497 e. The van der Waals surface area contributed by atoms with Gasteiger partial charge in [0, 0.05) is 10.4 Å². The van der Waals surface area contributed by atoms with E-state index in [1.54, 1.807) is 32.2 Å². The van der Waals surface area contributed by atoms with E-state index in [0.717, 1.165) is 53.9 Å². The Morgan fingerprint density at radius 3 is 2.52 bits per heavy atom. The molecule has 0 saturated carbocycles. The molecule has 1 aliphatic rings. The monoisotopic (exact) mass is 561 g/mol. The van der Waals surface area contributed by atoms with Crippen molar-refractivity contribution in [2.75, 3.05) is 19.5 Å². The van der Waals surface area contributed by atoms with Crippen molar-refractivity contribution in [1.29, 1.82) is 0 Å². The Morgan fingerprint density at radius 2 is 1.80 bits per heavy atom. The van der Waals surface area contributed by atoms with Crippen molar-refractivity contribution in [2.45, 2.75) is 51.6 Å². The fourth-order valence-corrected chi connectivity index (χ4v) is 6.16. The number of imidazole rings is 1. The molecule has 1 aliphatic carbocycles. The number of ether oxygens (including phenoxy) is 3. The molecule has 1 atom stereocenters. The summed E-state index contributed by atoms with van der Waals surface area (Å²) in [5.41, 5.74) is 3.90. The number of carbonyl (C=O) groups excluding carboxylic acids is 3. The first-order valence-corrected chi connectivity index (χ1v) is 14.1. The normalized spacial score (nSPS) is 13.7. The third-order valence-electron chi connectivity index (χ3n) is 7.04. The van der Waals surface area contributed by atoms with Crippen LogP contribution in [0, 0.1) is 0 Å². The zero-order valence-corrected chi connectivity index (χ0v) is 23.5. The highest BCUT2D eigenvalue weighted by atomic mass is 32.1. The lowest BCUT2D eigenvalue weighted by atomic mass is 10.1. The van der Waals surface area contributed by atoms with Crippen LogP contribution in [-0.2, 0) is 27.1 Å². The van der Waals surface area contributed by atoms with Gasteiger partial charge in [0.15, 0.2) is 6.10 Å². The largest absolute Gasteiger partial charge is 0.497 e. The first kappa shape index (κ1) is 27.4. The fourth-order valence-electron chi connectivity index (χ4n) is 4.88. The van der Waals surface area contributed by atoms with Crippen molar-refractivity contribution in [3.05, 3.63) is 64.0 Å². The van der Waals surface area contributed by atoms with Crippen LogP contribution in [0.5, 0.6) is 5.75 Å². The van der Waals surface area contributed by atoms with Crippen LogP contribution in [0.15, 0.2) is 42.5 Å². The van der Waals surface area contributed by atoms with Gasteiger partial charge in [-0.25, -0.2) is 14.6 Å². The molecule has 0 bridgehead atoms. The Balaban J connectivity index is 1.32. The number of aryl methyl sites for hydroxylation is 1. The first-order valence-electron chi connectivity index (χ1n) is 13.3. The third kappa shape index (κ3) is 5.58. The number of amides is 1. The maximum Gasteiger partial charge on any atom is 0.341 e. The van der Waals surface area contributed by atoms with Crippen LogP contribution in [0.4, 0.5) is 5.00 Å². The van der Waals surface area contributed by atoms with E-state index in [4.69, 9.17) is 14.2 Å². The minimum absolute atomic E-state index is 0.268. The predicted octanol–water partition coefficient (Wildman–Crippen LogP) is 5.93. The molecule has 0 saturated heterocycles. The number of nitrogens with zero attached hydrogens (tertiary/aromatic N) is 1. The molecule has 5 rings (SSSR count). The van der Waals surface area contributed by atoms with Crippen LogP contribution in [-0.4, -0.2) is 48.1 Å². The smallest absolute Gasteiger partial charge is 0.341 e. The number of fused-ring (bicyclic) bond motifs is 2. The van der Waals surface area contributed by atoms with Gasteiger partial charge in [0.1, 0.15) is 16.6 Å². The van der Waals surface area contributed by atoms with Gasteiger partial charge in [-0.2, -0.15) is 0 Å². The molecule has 10 heteroatoms. The molecule has 2 heterocycles. The zero-order chi connectivity index (χ0) is 28.2. The Kier molecular flexibility index (Phi) is 8.16. The Bertz CT molecular complexity index is 1560. The number of carbonyl (C=O) groups is 3. The Morgan fingerprint density at radius 1 is 1.02 bits per heavy atom. The number of hydrogen-bond acceptors (Lipinski definition) is 8. The topological polar surface area (TPSA) is 120 Å². The quantitative estimate of drug-likeness (QED) is 0.202. The number of H-pyrrole nitrogens is 1. The van der Waals surface area contributed by atoms with Gasteiger partial charge < -0.3 is 24.5 Å². The van der Waals surface area contributed by atoms with Gasteiger partial charge in [-0.1, -0.05) is 13.3 Å². The molecule has 9 nitrogen and oxygen atoms in total. The van der Waals surface area contributed by atoms with Gasteiger partial charge in [-0.05, 0) is 80.1 Å². The summed E-state index contributed by atoms with van der Waals surface area (Å²) < 4.78 is 15.9. The van der Waals surface area contributed by atoms with E-state index >= 15 is 0 Å². The molecular formula is C30H31N3O6S. The number of anilines is 1. The minimum atomic E-state index is -1.03. The van der Waals surface area contributed by atoms with E-state index in [2.05, 4.69) is 15.3 Å². The fraction of sp³-hybridized carbons (Fsp3) is 0.333. The van der Waals surface area contributed by atoms with Crippen molar-refractivity contribution in [2.24, 2.45) is 0 Å². The number of nitrogens with one attached hydrogen (secondary N) is 2. The lowest BCUT2D eigenvalue weighted by Gasteiger charge is -2.16. The molecule has 0 aliphatic heterocycles. The second kappa shape index (κ2) is 11.9. The van der Waals surface area contributed by atoms with Gasteiger partial charge in [0.2, 0.25) is 0 Å². The molecule has 1 amide bonds. The highest BCUT2D eigenvalue weighted by Crippen LogP contribution is 2.38. The van der Waals surface area contributed by atoms with E-state index in [1.807, 2.05) is 24.3 Å². The molecule has 2 aromatic heterocycles. The summed E-state index contributed by atoms with van der Waals surface area (Å²) in [6, 6.07) is 12.5. The maximum absolute atomic E-state index is 13.2. The average molecular weight is 562 g/mol. The molecule has 0 fully saturated rings. The number of thiophene rings is 1. The standard InChI is InChI=1S/C30H31N3O6S/c1-4-23(27(34)33-28-25(30(36)38-3)20-8-6-5-7-9-24(20)40-28)39-29(35)18-12-15-21-22(16-18)32-26(31-21)17-10-13-19(37-2)14-11-17/h10-16,23H,4-9H2,1-3H3,(H,31,32)(H,33,34). The van der Waals surface area contributed by atoms with Gasteiger partial charge in [-0.15, -0.1) is 11.3 Å². The summed E-state index contributed by atoms with van der Waals surface area (Å²) >= 11 is 1.40. The summed E-state index contributed by atoms with van der Waals surface area (Å²) in [7, 11) is 2.95. The molecule has 0 radical (unpaired) electrons. The molecular weight excluding hydrogens is 530 g/mol. The van der Waals surface area contributed by atoms with E-state index in [0.29, 0.717) is 33.0 Å². The van der Waals surface area contributed by atoms with Crippen LogP contribution >= 0.6 is 11.3 Å².